The minimum atomic E-state index is 0.186. The van der Waals surface area contributed by atoms with Crippen LogP contribution in [0, 0.1) is 6.92 Å². The van der Waals surface area contributed by atoms with Crippen LogP contribution in [-0.4, -0.2) is 28.1 Å². The second-order valence-electron chi connectivity index (χ2n) is 4.38. The number of hydrogen-bond acceptors (Lipinski definition) is 8. The van der Waals surface area contributed by atoms with Crippen molar-refractivity contribution in [3.63, 3.8) is 0 Å². The maximum Gasteiger partial charge on any atom is 0.322 e. The number of nitrogen functional groups attached to an aromatic ring is 1. The average Bonchev–Trinajstić information content (AvgIpc) is 2.83. The van der Waals surface area contributed by atoms with Crippen molar-refractivity contribution in [2.45, 2.75) is 26.3 Å². The average molecular weight is 294 g/mol. The molecule has 4 N–H and O–H groups in total. The van der Waals surface area contributed by atoms with Crippen molar-refractivity contribution in [3.8, 4) is 6.01 Å². The van der Waals surface area contributed by atoms with Crippen molar-refractivity contribution in [1.29, 1.82) is 0 Å². The lowest BCUT2D eigenvalue weighted by Crippen LogP contribution is -2.21. The first-order chi connectivity index (χ1) is 9.60. The summed E-state index contributed by atoms with van der Waals surface area (Å²) in [6, 6.07) is 4.66. The van der Waals surface area contributed by atoms with Gasteiger partial charge in [0.15, 0.2) is 0 Å². The first-order valence-corrected chi connectivity index (χ1v) is 7.01. The Morgan fingerprint density at radius 3 is 2.65 bits per heavy atom. The molecule has 0 amide bonds. The summed E-state index contributed by atoms with van der Waals surface area (Å²) >= 11 is 1.79. The van der Waals surface area contributed by atoms with Gasteiger partial charge in [0.1, 0.15) is 0 Å². The van der Waals surface area contributed by atoms with Gasteiger partial charge in [-0.3, -0.25) is 5.43 Å². The normalized spacial score (nSPS) is 12.0. The molecule has 1 unspecified atom stereocenters. The van der Waals surface area contributed by atoms with Crippen LogP contribution in [0.3, 0.4) is 0 Å². The number of thiophene rings is 1. The molecular formula is C12H18N6OS. The van der Waals surface area contributed by atoms with Gasteiger partial charge in [-0.15, -0.1) is 11.3 Å². The number of methoxy groups -OCH3 is 1. The van der Waals surface area contributed by atoms with Crippen LogP contribution in [-0.2, 0) is 6.42 Å². The van der Waals surface area contributed by atoms with Crippen LogP contribution in [0.4, 0.5) is 11.9 Å². The molecule has 20 heavy (non-hydrogen) atoms. The molecule has 0 bridgehead atoms. The van der Waals surface area contributed by atoms with Crippen molar-refractivity contribution < 1.29 is 4.74 Å². The zero-order valence-electron chi connectivity index (χ0n) is 11.7. The lowest BCUT2D eigenvalue weighted by molar-refractivity contribution is 0.379. The van der Waals surface area contributed by atoms with Gasteiger partial charge >= 0.3 is 6.01 Å². The number of nitrogens with one attached hydrogen (secondary N) is 2. The van der Waals surface area contributed by atoms with E-state index in [0.717, 1.165) is 6.42 Å². The predicted octanol–water partition coefficient (Wildman–Crippen LogP) is 1.58. The van der Waals surface area contributed by atoms with Crippen LogP contribution in [0.5, 0.6) is 6.01 Å². The Morgan fingerprint density at radius 1 is 1.30 bits per heavy atom. The lowest BCUT2D eigenvalue weighted by atomic mass is 10.2. The van der Waals surface area contributed by atoms with E-state index in [1.165, 1.54) is 16.9 Å². The van der Waals surface area contributed by atoms with Crippen molar-refractivity contribution in [3.05, 3.63) is 21.9 Å². The fourth-order valence-corrected chi connectivity index (χ4v) is 2.76. The van der Waals surface area contributed by atoms with Crippen LogP contribution < -0.4 is 21.3 Å². The highest BCUT2D eigenvalue weighted by Gasteiger charge is 2.10. The van der Waals surface area contributed by atoms with Crippen LogP contribution in [0.1, 0.15) is 16.7 Å². The highest BCUT2D eigenvalue weighted by molar-refractivity contribution is 7.11. The monoisotopic (exact) mass is 294 g/mol. The Balaban J connectivity index is 2.04. The Labute approximate surface area is 121 Å². The van der Waals surface area contributed by atoms with Gasteiger partial charge in [0.2, 0.25) is 11.9 Å². The predicted molar refractivity (Wildman–Crippen MR) is 80.0 cm³/mol. The third-order valence-corrected chi connectivity index (χ3v) is 3.63. The van der Waals surface area contributed by atoms with Gasteiger partial charge < -0.3 is 10.1 Å². The maximum atomic E-state index is 5.31. The van der Waals surface area contributed by atoms with E-state index in [0.29, 0.717) is 5.95 Å². The van der Waals surface area contributed by atoms with E-state index in [1.807, 2.05) is 0 Å². The SMILES string of the molecule is COc1nc(NN)nc(NC(C)Cc2ccc(C)s2)n1. The van der Waals surface area contributed by atoms with Crippen molar-refractivity contribution in [2.24, 2.45) is 5.84 Å². The summed E-state index contributed by atoms with van der Waals surface area (Å²) in [5.41, 5.74) is 2.39. The zero-order valence-corrected chi connectivity index (χ0v) is 12.5. The summed E-state index contributed by atoms with van der Waals surface area (Å²) in [4.78, 5) is 14.9. The number of nitrogens with zero attached hydrogens (tertiary/aromatic N) is 3. The first kappa shape index (κ1) is 14.5. The molecule has 108 valence electrons. The molecule has 7 nitrogen and oxygen atoms in total. The summed E-state index contributed by atoms with van der Waals surface area (Å²) in [6.07, 6.45) is 0.901. The van der Waals surface area contributed by atoms with E-state index in [4.69, 9.17) is 10.6 Å². The molecule has 0 saturated heterocycles. The number of hydrogen-bond donors (Lipinski definition) is 3. The Hall–Kier alpha value is -1.93. The molecule has 2 rings (SSSR count). The van der Waals surface area contributed by atoms with Gasteiger partial charge in [0.05, 0.1) is 7.11 Å². The molecule has 2 aromatic heterocycles. The van der Waals surface area contributed by atoms with Gasteiger partial charge in [-0.05, 0) is 26.0 Å². The second-order valence-corrected chi connectivity index (χ2v) is 5.75. The summed E-state index contributed by atoms with van der Waals surface area (Å²) in [6.45, 7) is 4.17. The minimum absolute atomic E-state index is 0.186. The Kier molecular flexibility index (Phi) is 4.70. The summed E-state index contributed by atoms with van der Waals surface area (Å²) in [5, 5.41) is 3.22. The van der Waals surface area contributed by atoms with Crippen LogP contribution >= 0.6 is 11.3 Å². The molecule has 2 heterocycles. The van der Waals surface area contributed by atoms with Crippen LogP contribution in [0.25, 0.3) is 0 Å². The van der Waals surface area contributed by atoms with Gasteiger partial charge in [-0.2, -0.15) is 15.0 Å². The molecule has 0 aliphatic heterocycles. The van der Waals surface area contributed by atoms with Gasteiger partial charge in [-0.1, -0.05) is 0 Å². The van der Waals surface area contributed by atoms with Crippen LogP contribution in [0.15, 0.2) is 12.1 Å². The molecule has 0 spiro atoms. The molecule has 0 aliphatic rings. The molecule has 8 heteroatoms. The zero-order chi connectivity index (χ0) is 14.5. The Bertz CT molecular complexity index is 551. The molecular weight excluding hydrogens is 276 g/mol. The lowest BCUT2D eigenvalue weighted by Gasteiger charge is -2.13. The van der Waals surface area contributed by atoms with E-state index in [1.54, 1.807) is 11.3 Å². The highest BCUT2D eigenvalue weighted by atomic mass is 32.1. The van der Waals surface area contributed by atoms with Gasteiger partial charge in [0.25, 0.3) is 0 Å². The topological polar surface area (TPSA) is 98.0 Å². The van der Waals surface area contributed by atoms with Crippen LogP contribution in [0.2, 0.25) is 0 Å². The molecule has 0 aliphatic carbocycles. The van der Waals surface area contributed by atoms with E-state index >= 15 is 0 Å². The number of ether oxygens (including phenoxy) is 1. The Morgan fingerprint density at radius 2 is 2.05 bits per heavy atom. The third kappa shape index (κ3) is 3.78. The van der Waals surface area contributed by atoms with E-state index in [9.17, 15) is 0 Å². The summed E-state index contributed by atoms with van der Waals surface area (Å²) in [5.74, 6) is 6.01. The molecule has 0 radical (unpaired) electrons. The molecule has 0 fully saturated rings. The van der Waals surface area contributed by atoms with Crippen molar-refractivity contribution in [1.82, 2.24) is 15.0 Å². The van der Waals surface area contributed by atoms with Crippen molar-refractivity contribution >= 4 is 23.2 Å². The van der Waals surface area contributed by atoms with Gasteiger partial charge in [0, 0.05) is 22.2 Å². The fourth-order valence-electron chi connectivity index (χ4n) is 1.74. The number of aryl methyl sites for hydroxylation is 1. The standard InChI is InChI=1S/C12H18N6OS/c1-7(6-9-5-4-8(2)20-9)14-10-15-11(18-13)17-12(16-10)19-3/h4-5,7H,6,13H2,1-3H3,(H2,14,15,16,17,18). The molecule has 1 atom stereocenters. The quantitative estimate of drug-likeness (QED) is 0.549. The van der Waals surface area contributed by atoms with Crippen molar-refractivity contribution in [2.75, 3.05) is 17.9 Å². The second kappa shape index (κ2) is 6.49. The highest BCUT2D eigenvalue weighted by Crippen LogP contribution is 2.18. The number of aromatic nitrogens is 3. The first-order valence-electron chi connectivity index (χ1n) is 6.19. The summed E-state index contributed by atoms with van der Waals surface area (Å²) < 4.78 is 5.00. The fraction of sp³-hybridized carbons (Fsp3) is 0.417. The molecule has 0 aromatic carbocycles. The third-order valence-electron chi connectivity index (χ3n) is 2.61. The smallest absolute Gasteiger partial charge is 0.322 e. The number of hydrazine groups is 1. The molecule has 0 saturated carbocycles. The minimum Gasteiger partial charge on any atom is -0.467 e. The maximum absolute atomic E-state index is 5.31. The van der Waals surface area contributed by atoms with Gasteiger partial charge in [-0.25, -0.2) is 5.84 Å². The summed E-state index contributed by atoms with van der Waals surface area (Å²) in [7, 11) is 1.50. The number of rotatable bonds is 6. The number of nitrogens with two attached hydrogens (primary N) is 1. The van der Waals surface area contributed by atoms with E-state index in [2.05, 4.69) is 51.7 Å². The largest absolute Gasteiger partial charge is 0.467 e. The molecule has 2 aromatic rings. The number of anilines is 2. The van der Waals surface area contributed by atoms with E-state index < -0.39 is 0 Å². The van der Waals surface area contributed by atoms with E-state index in [-0.39, 0.29) is 18.0 Å².